The predicted molar refractivity (Wildman–Crippen MR) is 105 cm³/mol. The van der Waals surface area contributed by atoms with Gasteiger partial charge in [0.25, 0.3) is 0 Å². The summed E-state index contributed by atoms with van der Waals surface area (Å²) in [6, 6.07) is 6.99. The number of carbonyl (C=O) groups excluding carboxylic acids is 2. The number of carbonyl (C=O) groups is 2. The van der Waals surface area contributed by atoms with E-state index in [1.165, 1.54) is 0 Å². The van der Waals surface area contributed by atoms with Gasteiger partial charge in [0.1, 0.15) is 11.9 Å². The van der Waals surface area contributed by atoms with Crippen LogP contribution in [0.2, 0.25) is 0 Å². The molecule has 1 atom stereocenters. The highest BCUT2D eigenvalue weighted by molar-refractivity contribution is 5.96. The van der Waals surface area contributed by atoms with E-state index >= 15 is 0 Å². The maximum absolute atomic E-state index is 12.2. The Bertz CT molecular complexity index is 716. The Balaban J connectivity index is 1.47. The normalized spacial score (nSPS) is 20.8. The summed E-state index contributed by atoms with van der Waals surface area (Å²) in [5.41, 5.74) is 6.82. The molecule has 3 rings (SSSR count). The maximum atomic E-state index is 12.2. The van der Waals surface area contributed by atoms with Gasteiger partial charge in [0.05, 0.1) is 19.7 Å². The van der Waals surface area contributed by atoms with Crippen molar-refractivity contribution in [3.63, 3.8) is 0 Å². The largest absolute Gasteiger partial charge is 0.465 e. The second-order valence-electron chi connectivity index (χ2n) is 6.96. The van der Waals surface area contributed by atoms with Gasteiger partial charge in [-0.05, 0) is 31.2 Å². The number of hydrogen-bond donors (Lipinski definition) is 2. The molecular weight excluding hydrogens is 362 g/mol. The Morgan fingerprint density at radius 1 is 1.21 bits per heavy atom. The molecule has 0 bridgehead atoms. The molecule has 9 heteroatoms. The van der Waals surface area contributed by atoms with Crippen LogP contribution in [0.4, 0.5) is 10.5 Å². The number of nitrogens with two attached hydrogens (primary N) is 1. The Hall–Kier alpha value is -2.65. The lowest BCUT2D eigenvalue weighted by molar-refractivity contribution is -0.144. The number of ether oxygens (including phenoxy) is 2. The molecule has 0 radical (unpaired) electrons. The van der Waals surface area contributed by atoms with Crippen LogP contribution in [-0.2, 0) is 14.3 Å². The SMILES string of the molecule is CCOC(=O)CN1CCN(C[C@H]2CN(c3ccc(C(=N)N)cc3)C(=O)O2)CC1. The van der Waals surface area contributed by atoms with Gasteiger partial charge in [-0.1, -0.05) is 0 Å². The summed E-state index contributed by atoms with van der Waals surface area (Å²) in [7, 11) is 0. The Morgan fingerprint density at radius 3 is 2.46 bits per heavy atom. The molecule has 0 unspecified atom stereocenters. The monoisotopic (exact) mass is 389 g/mol. The molecule has 0 saturated carbocycles. The van der Waals surface area contributed by atoms with Crippen molar-refractivity contribution in [3.8, 4) is 0 Å². The van der Waals surface area contributed by atoms with Crippen LogP contribution in [-0.4, -0.2) is 86.2 Å². The zero-order valence-corrected chi connectivity index (χ0v) is 16.1. The molecule has 1 aromatic rings. The van der Waals surface area contributed by atoms with Crippen LogP contribution >= 0.6 is 0 Å². The lowest BCUT2D eigenvalue weighted by Crippen LogP contribution is -2.50. The third-order valence-electron chi connectivity index (χ3n) is 4.95. The van der Waals surface area contributed by atoms with Gasteiger partial charge in [-0.15, -0.1) is 0 Å². The number of amidine groups is 1. The molecule has 0 spiro atoms. The van der Waals surface area contributed by atoms with Crippen LogP contribution in [0.25, 0.3) is 0 Å². The molecule has 2 saturated heterocycles. The molecular formula is C19H27N5O4. The molecule has 0 aromatic heterocycles. The van der Waals surface area contributed by atoms with Crippen LogP contribution in [0.3, 0.4) is 0 Å². The van der Waals surface area contributed by atoms with Crippen LogP contribution < -0.4 is 10.6 Å². The fraction of sp³-hybridized carbons (Fsp3) is 0.526. The number of amides is 1. The first-order valence-corrected chi connectivity index (χ1v) is 9.49. The van der Waals surface area contributed by atoms with Crippen molar-refractivity contribution in [2.45, 2.75) is 13.0 Å². The summed E-state index contributed by atoms with van der Waals surface area (Å²) < 4.78 is 10.5. The summed E-state index contributed by atoms with van der Waals surface area (Å²) in [5, 5.41) is 7.44. The lowest BCUT2D eigenvalue weighted by atomic mass is 10.2. The first-order chi connectivity index (χ1) is 13.5. The molecule has 0 aliphatic carbocycles. The van der Waals surface area contributed by atoms with E-state index in [1.807, 2.05) is 0 Å². The number of rotatable bonds is 7. The molecule has 2 aliphatic heterocycles. The van der Waals surface area contributed by atoms with Crippen molar-refractivity contribution in [2.75, 3.05) is 57.3 Å². The van der Waals surface area contributed by atoms with E-state index in [4.69, 9.17) is 20.6 Å². The average Bonchev–Trinajstić information content (AvgIpc) is 3.03. The molecule has 9 nitrogen and oxygen atoms in total. The first kappa shape index (κ1) is 20.1. The fourth-order valence-corrected chi connectivity index (χ4v) is 3.46. The van der Waals surface area contributed by atoms with E-state index in [-0.39, 0.29) is 24.0 Å². The Morgan fingerprint density at radius 2 is 1.86 bits per heavy atom. The van der Waals surface area contributed by atoms with E-state index in [1.54, 1.807) is 36.1 Å². The van der Waals surface area contributed by atoms with E-state index in [0.29, 0.717) is 31.8 Å². The average molecular weight is 389 g/mol. The van der Waals surface area contributed by atoms with Gasteiger partial charge in [0, 0.05) is 44.0 Å². The Kier molecular flexibility index (Phi) is 6.48. The molecule has 2 fully saturated rings. The molecule has 3 N–H and O–H groups in total. The number of hydrogen-bond acceptors (Lipinski definition) is 7. The highest BCUT2D eigenvalue weighted by atomic mass is 16.6. The van der Waals surface area contributed by atoms with Gasteiger partial charge in [-0.2, -0.15) is 0 Å². The lowest BCUT2D eigenvalue weighted by Gasteiger charge is -2.34. The summed E-state index contributed by atoms with van der Waals surface area (Å²) in [6.45, 7) is 6.90. The van der Waals surface area contributed by atoms with E-state index in [0.717, 1.165) is 31.9 Å². The molecule has 2 heterocycles. The van der Waals surface area contributed by atoms with Gasteiger partial charge in [-0.25, -0.2) is 4.79 Å². The molecule has 28 heavy (non-hydrogen) atoms. The minimum atomic E-state index is -0.360. The van der Waals surface area contributed by atoms with Crippen molar-refractivity contribution in [3.05, 3.63) is 29.8 Å². The minimum absolute atomic E-state index is 0.00414. The third kappa shape index (κ3) is 4.99. The van der Waals surface area contributed by atoms with Crippen LogP contribution in [0.1, 0.15) is 12.5 Å². The topological polar surface area (TPSA) is 112 Å². The zero-order chi connectivity index (χ0) is 20.1. The molecule has 1 amide bonds. The van der Waals surface area contributed by atoms with Crippen LogP contribution in [0, 0.1) is 5.41 Å². The summed E-state index contributed by atoms with van der Waals surface area (Å²) in [6.07, 6.45) is -0.557. The fourth-order valence-electron chi connectivity index (χ4n) is 3.46. The van der Waals surface area contributed by atoms with Crippen molar-refractivity contribution >= 4 is 23.6 Å². The number of piperazine rings is 1. The molecule has 2 aliphatic rings. The standard InChI is InChI=1S/C19H27N5O4/c1-2-27-17(25)13-23-9-7-22(8-10-23)11-16-12-24(19(26)28-16)15-5-3-14(4-6-15)18(20)21/h3-6,16H,2,7-13H2,1H3,(H3,20,21)/t16-/m0/s1. The van der Waals surface area contributed by atoms with Gasteiger partial charge < -0.3 is 15.2 Å². The van der Waals surface area contributed by atoms with Crippen LogP contribution in [0.5, 0.6) is 0 Å². The van der Waals surface area contributed by atoms with E-state index < -0.39 is 0 Å². The van der Waals surface area contributed by atoms with Crippen LogP contribution in [0.15, 0.2) is 24.3 Å². The summed E-state index contributed by atoms with van der Waals surface area (Å²) in [4.78, 5) is 29.8. The molecule has 1 aromatic carbocycles. The second kappa shape index (κ2) is 9.03. The third-order valence-corrected chi connectivity index (χ3v) is 4.95. The number of cyclic esters (lactones) is 1. The second-order valence-corrected chi connectivity index (χ2v) is 6.96. The number of anilines is 1. The summed E-state index contributed by atoms with van der Waals surface area (Å²) in [5.74, 6) is -0.192. The summed E-state index contributed by atoms with van der Waals surface area (Å²) >= 11 is 0. The van der Waals surface area contributed by atoms with E-state index in [9.17, 15) is 9.59 Å². The quantitative estimate of drug-likeness (QED) is 0.396. The van der Waals surface area contributed by atoms with Gasteiger partial charge in [0.15, 0.2) is 0 Å². The minimum Gasteiger partial charge on any atom is -0.465 e. The zero-order valence-electron chi connectivity index (χ0n) is 16.1. The van der Waals surface area contributed by atoms with Crippen molar-refractivity contribution < 1.29 is 19.1 Å². The van der Waals surface area contributed by atoms with Crippen molar-refractivity contribution in [1.29, 1.82) is 5.41 Å². The Labute approximate surface area is 164 Å². The van der Waals surface area contributed by atoms with E-state index in [2.05, 4.69) is 9.80 Å². The number of nitrogens with one attached hydrogen (secondary N) is 1. The number of nitrogen functional groups attached to an aromatic ring is 1. The van der Waals surface area contributed by atoms with Crippen molar-refractivity contribution in [2.24, 2.45) is 5.73 Å². The molecule has 152 valence electrons. The van der Waals surface area contributed by atoms with Gasteiger partial charge in [0.2, 0.25) is 0 Å². The predicted octanol–water partition coefficient (Wildman–Crippen LogP) is 0.477. The number of esters is 1. The van der Waals surface area contributed by atoms with Crippen molar-refractivity contribution in [1.82, 2.24) is 9.80 Å². The van der Waals surface area contributed by atoms with Gasteiger partial charge >= 0.3 is 12.1 Å². The smallest absolute Gasteiger partial charge is 0.414 e. The first-order valence-electron chi connectivity index (χ1n) is 9.49. The highest BCUT2D eigenvalue weighted by Gasteiger charge is 2.34. The maximum Gasteiger partial charge on any atom is 0.414 e. The highest BCUT2D eigenvalue weighted by Crippen LogP contribution is 2.22. The van der Waals surface area contributed by atoms with Gasteiger partial charge in [-0.3, -0.25) is 24.9 Å². The number of nitrogens with zero attached hydrogens (tertiary/aromatic N) is 3. The number of benzene rings is 1.